The highest BCUT2D eigenvalue weighted by molar-refractivity contribution is 6.25. The van der Waals surface area contributed by atoms with Crippen LogP contribution in [0.15, 0.2) is 4.99 Å². The average molecular weight is 118 g/mol. The van der Waals surface area contributed by atoms with E-state index in [-0.39, 0.29) is 6.29 Å². The number of primary amides is 1. The van der Waals surface area contributed by atoms with Gasteiger partial charge < -0.3 is 5.73 Å². The Morgan fingerprint density at radius 1 is 1.75 bits per heavy atom. The molecule has 0 rings (SSSR count). The van der Waals surface area contributed by atoms with E-state index in [1.807, 2.05) is 0 Å². The Bertz CT molecular complexity index is 142. The van der Waals surface area contributed by atoms with Gasteiger partial charge in [0, 0.05) is 0 Å². The summed E-state index contributed by atoms with van der Waals surface area (Å²) in [5, 5.41) is 0. The van der Waals surface area contributed by atoms with Crippen LogP contribution in [0, 0.1) is 0 Å². The molecule has 0 spiro atoms. The van der Waals surface area contributed by atoms with Crippen molar-refractivity contribution in [3.05, 3.63) is 0 Å². The van der Waals surface area contributed by atoms with E-state index in [4.69, 9.17) is 0 Å². The highest BCUT2D eigenvalue weighted by Crippen LogP contribution is 1.73. The van der Waals surface area contributed by atoms with Crippen LogP contribution in [-0.2, 0) is 4.79 Å². The number of halogens is 1. The fourth-order valence-electron chi connectivity index (χ4n) is 0.132. The molecule has 2 N–H and O–H groups in total. The molecule has 4 nitrogen and oxygen atoms in total. The number of hydrogen-bond donors (Lipinski definition) is 1. The monoisotopic (exact) mass is 118 g/mol. The molecule has 0 atom stereocenters. The normalized spacial score (nSPS) is 10.9. The number of urea groups is 1. The number of hydrogen-bond acceptors (Lipinski definition) is 2. The molecule has 0 aromatic heterocycles. The summed E-state index contributed by atoms with van der Waals surface area (Å²) >= 11 is 0. The van der Waals surface area contributed by atoms with E-state index >= 15 is 0 Å². The zero-order valence-electron chi connectivity index (χ0n) is 3.80. The van der Waals surface area contributed by atoms with Crippen molar-refractivity contribution in [2.75, 3.05) is 0 Å². The van der Waals surface area contributed by atoms with Gasteiger partial charge in [0.15, 0.2) is 6.29 Å². The Balaban J connectivity index is 3.94. The summed E-state index contributed by atoms with van der Waals surface area (Å²) in [6.07, 6.45) is -0.204. The number of aldehydes is 1. The lowest BCUT2D eigenvalue weighted by Gasteiger charge is -1.76. The predicted molar refractivity (Wildman–Crippen MR) is 24.2 cm³/mol. The number of nitrogens with two attached hydrogens (primary N) is 1. The highest BCUT2D eigenvalue weighted by Gasteiger charge is 1.92. The second-order valence-electron chi connectivity index (χ2n) is 0.891. The van der Waals surface area contributed by atoms with E-state index in [0.29, 0.717) is 0 Å². The SMILES string of the molecule is NC(=O)N=C(F)C=O. The van der Waals surface area contributed by atoms with Crippen molar-refractivity contribution in [3.8, 4) is 0 Å². The Morgan fingerprint density at radius 2 is 2.25 bits per heavy atom. The average Bonchev–Trinajstić information content (AvgIpc) is 1.65. The van der Waals surface area contributed by atoms with Crippen molar-refractivity contribution in [3.63, 3.8) is 0 Å². The van der Waals surface area contributed by atoms with E-state index in [1.165, 1.54) is 0 Å². The standard InChI is InChI=1S/C3H3FN2O2/c4-2(1-7)6-3(5)8/h1H,(H2,5,8). The maximum absolute atomic E-state index is 11.5. The fraction of sp³-hybridized carbons (Fsp3) is 0. The summed E-state index contributed by atoms with van der Waals surface area (Å²) in [6, 6.07) is -1.21. The predicted octanol–water partition coefficient (Wildman–Crippen LogP) is -0.368. The minimum absolute atomic E-state index is 0.204. The first kappa shape index (κ1) is 6.74. The van der Waals surface area contributed by atoms with Crippen LogP contribution < -0.4 is 5.73 Å². The van der Waals surface area contributed by atoms with Gasteiger partial charge in [-0.25, -0.2) is 4.79 Å². The Hall–Kier alpha value is -1.26. The lowest BCUT2D eigenvalue weighted by atomic mass is 10.8. The van der Waals surface area contributed by atoms with E-state index < -0.39 is 12.0 Å². The topological polar surface area (TPSA) is 72.5 Å². The number of carbonyl (C=O) groups is 2. The van der Waals surface area contributed by atoms with Gasteiger partial charge in [0.1, 0.15) is 0 Å². The molecule has 0 aromatic rings. The Kier molecular flexibility index (Phi) is 2.39. The van der Waals surface area contributed by atoms with Crippen LogP contribution in [0.4, 0.5) is 9.18 Å². The number of rotatable bonds is 1. The number of aliphatic imine (C=N–C) groups is 1. The number of amides is 2. The molecule has 5 heteroatoms. The number of nitrogens with zero attached hydrogens (tertiary/aromatic N) is 1. The summed E-state index contributed by atoms with van der Waals surface area (Å²) in [5.41, 5.74) is 4.34. The molecule has 0 saturated heterocycles. The van der Waals surface area contributed by atoms with Crippen molar-refractivity contribution in [2.24, 2.45) is 10.7 Å². The van der Waals surface area contributed by atoms with Crippen molar-refractivity contribution < 1.29 is 14.0 Å². The summed E-state index contributed by atoms with van der Waals surface area (Å²) in [4.78, 5) is 21.3. The van der Waals surface area contributed by atoms with Crippen molar-refractivity contribution in [1.29, 1.82) is 0 Å². The van der Waals surface area contributed by atoms with Gasteiger partial charge in [0.25, 0.3) is 5.97 Å². The molecule has 0 saturated carbocycles. The molecule has 0 aliphatic carbocycles. The second-order valence-corrected chi connectivity index (χ2v) is 0.891. The van der Waals surface area contributed by atoms with E-state index in [2.05, 4.69) is 10.7 Å². The molecule has 0 radical (unpaired) electrons. The molecular weight excluding hydrogens is 115 g/mol. The van der Waals surface area contributed by atoms with Crippen molar-refractivity contribution in [1.82, 2.24) is 0 Å². The summed E-state index contributed by atoms with van der Waals surface area (Å²) in [5.74, 6) is -1.41. The minimum atomic E-state index is -1.41. The second kappa shape index (κ2) is 2.84. The molecule has 2 amide bonds. The smallest absolute Gasteiger partial charge is 0.341 e. The van der Waals surface area contributed by atoms with E-state index in [0.717, 1.165) is 0 Å². The van der Waals surface area contributed by atoms with Crippen molar-refractivity contribution >= 4 is 18.3 Å². The third kappa shape index (κ3) is 2.95. The summed E-state index contributed by atoms with van der Waals surface area (Å²) in [6.45, 7) is 0. The van der Waals surface area contributed by atoms with Crippen molar-refractivity contribution in [2.45, 2.75) is 0 Å². The van der Waals surface area contributed by atoms with Gasteiger partial charge in [-0.2, -0.15) is 9.38 Å². The molecule has 0 aromatic carbocycles. The zero-order chi connectivity index (χ0) is 6.57. The van der Waals surface area contributed by atoms with Crippen LogP contribution in [-0.4, -0.2) is 18.3 Å². The molecule has 0 bridgehead atoms. The maximum atomic E-state index is 11.5. The van der Waals surface area contributed by atoms with Crippen LogP contribution >= 0.6 is 0 Å². The lowest BCUT2D eigenvalue weighted by molar-refractivity contribution is -0.103. The maximum Gasteiger partial charge on any atom is 0.341 e. The van der Waals surface area contributed by atoms with Gasteiger partial charge in [-0.1, -0.05) is 0 Å². The lowest BCUT2D eigenvalue weighted by Crippen LogP contribution is -2.07. The molecule has 8 heavy (non-hydrogen) atoms. The third-order valence-corrected chi connectivity index (χ3v) is 0.314. The largest absolute Gasteiger partial charge is 0.350 e. The van der Waals surface area contributed by atoms with E-state index in [9.17, 15) is 14.0 Å². The molecule has 0 heterocycles. The zero-order valence-corrected chi connectivity index (χ0v) is 3.80. The van der Waals surface area contributed by atoms with Gasteiger partial charge in [-0.3, -0.25) is 4.79 Å². The first-order chi connectivity index (χ1) is 3.66. The van der Waals surface area contributed by atoms with Crippen LogP contribution in [0.5, 0.6) is 0 Å². The molecular formula is C3H3FN2O2. The first-order valence-electron chi connectivity index (χ1n) is 1.65. The van der Waals surface area contributed by atoms with Crippen LogP contribution in [0.1, 0.15) is 0 Å². The Morgan fingerprint density at radius 3 is 2.38 bits per heavy atom. The molecule has 44 valence electrons. The van der Waals surface area contributed by atoms with Gasteiger partial charge in [0.05, 0.1) is 0 Å². The van der Waals surface area contributed by atoms with Crippen LogP contribution in [0.25, 0.3) is 0 Å². The van der Waals surface area contributed by atoms with Gasteiger partial charge in [-0.15, -0.1) is 0 Å². The van der Waals surface area contributed by atoms with Gasteiger partial charge in [0.2, 0.25) is 0 Å². The number of carbonyl (C=O) groups excluding carboxylic acids is 2. The molecule has 0 aliphatic heterocycles. The highest BCUT2D eigenvalue weighted by atomic mass is 19.1. The quantitative estimate of drug-likeness (QED) is 0.377. The van der Waals surface area contributed by atoms with E-state index in [1.54, 1.807) is 0 Å². The fourth-order valence-corrected chi connectivity index (χ4v) is 0.132. The van der Waals surface area contributed by atoms with Crippen LogP contribution in [0.3, 0.4) is 0 Å². The molecule has 0 unspecified atom stereocenters. The third-order valence-electron chi connectivity index (χ3n) is 0.314. The molecule has 0 aliphatic rings. The minimum Gasteiger partial charge on any atom is -0.350 e. The summed E-state index contributed by atoms with van der Waals surface area (Å²) in [7, 11) is 0. The van der Waals surface area contributed by atoms with Gasteiger partial charge >= 0.3 is 6.03 Å². The Labute approximate surface area is 44.2 Å². The summed E-state index contributed by atoms with van der Waals surface area (Å²) < 4.78 is 11.5. The first-order valence-corrected chi connectivity index (χ1v) is 1.65. The molecule has 0 fully saturated rings. The van der Waals surface area contributed by atoms with Crippen LogP contribution in [0.2, 0.25) is 0 Å². The van der Waals surface area contributed by atoms with Gasteiger partial charge in [-0.05, 0) is 0 Å².